The molecule has 0 radical (unpaired) electrons. The third-order valence-electron chi connectivity index (χ3n) is 2.41. The number of rotatable bonds is 3. The second-order valence-corrected chi connectivity index (χ2v) is 3.78. The number of halogens is 1. The van der Waals surface area contributed by atoms with E-state index < -0.39 is 11.8 Å². The van der Waals surface area contributed by atoms with Crippen LogP contribution in [0.5, 0.6) is 0 Å². The predicted molar refractivity (Wildman–Crippen MR) is 65.6 cm³/mol. The van der Waals surface area contributed by atoms with Crippen LogP contribution in [0.3, 0.4) is 0 Å². The van der Waals surface area contributed by atoms with E-state index in [1.165, 1.54) is 18.3 Å². The molecule has 92 valence electrons. The lowest BCUT2D eigenvalue weighted by Gasteiger charge is -2.10. The summed E-state index contributed by atoms with van der Waals surface area (Å²) in [5.41, 5.74) is 1.20. The summed E-state index contributed by atoms with van der Waals surface area (Å²) in [6.45, 7) is 1.73. The average Bonchev–Trinajstić information content (AvgIpc) is 2.32. The van der Waals surface area contributed by atoms with Crippen molar-refractivity contribution in [2.75, 3.05) is 5.32 Å². The summed E-state index contributed by atoms with van der Waals surface area (Å²) < 4.78 is 13.5. The van der Waals surface area contributed by atoms with Crippen LogP contribution in [0.25, 0.3) is 0 Å². The van der Waals surface area contributed by atoms with Crippen molar-refractivity contribution in [3.63, 3.8) is 0 Å². The number of para-hydroxylation sites is 1. The fourth-order valence-electron chi connectivity index (χ4n) is 1.54. The van der Waals surface area contributed by atoms with Crippen molar-refractivity contribution < 1.29 is 14.3 Å². The van der Waals surface area contributed by atoms with Gasteiger partial charge in [0.2, 0.25) is 0 Å². The Morgan fingerprint density at radius 3 is 2.72 bits per heavy atom. The Morgan fingerprint density at radius 1 is 1.33 bits per heavy atom. The lowest BCUT2D eigenvalue weighted by Crippen LogP contribution is -2.05. The largest absolute Gasteiger partial charge is 0.478 e. The average molecular weight is 246 g/mol. The van der Waals surface area contributed by atoms with Crippen LogP contribution >= 0.6 is 0 Å². The summed E-state index contributed by atoms with van der Waals surface area (Å²) in [7, 11) is 0. The molecule has 5 heteroatoms. The maximum atomic E-state index is 13.5. The van der Waals surface area contributed by atoms with E-state index in [2.05, 4.69) is 10.3 Å². The molecular weight excluding hydrogens is 235 g/mol. The summed E-state index contributed by atoms with van der Waals surface area (Å²) in [6.07, 6.45) is 1.25. The Bertz CT molecular complexity index is 599. The highest BCUT2D eigenvalue weighted by atomic mass is 19.1. The smallest absolute Gasteiger partial charge is 0.339 e. The fourth-order valence-corrected chi connectivity index (χ4v) is 1.54. The number of pyridine rings is 1. The molecule has 0 spiro atoms. The van der Waals surface area contributed by atoms with Gasteiger partial charge in [0.05, 0.1) is 11.4 Å². The summed E-state index contributed by atoms with van der Waals surface area (Å²) >= 11 is 0. The number of anilines is 2. The number of nitrogens with zero attached hydrogens (tertiary/aromatic N) is 1. The molecular formula is C13H11FN2O2. The van der Waals surface area contributed by atoms with Gasteiger partial charge in [-0.2, -0.15) is 0 Å². The van der Waals surface area contributed by atoms with Crippen LogP contribution in [0.15, 0.2) is 36.5 Å². The van der Waals surface area contributed by atoms with Gasteiger partial charge in [-0.05, 0) is 25.1 Å². The predicted octanol–water partition coefficient (Wildman–Crippen LogP) is 2.97. The molecule has 0 saturated carbocycles. The molecule has 2 N–H and O–H groups in total. The zero-order valence-corrected chi connectivity index (χ0v) is 9.64. The van der Waals surface area contributed by atoms with Crippen LogP contribution < -0.4 is 5.32 Å². The number of carboxylic acid groups (broad SMARTS) is 1. The number of carbonyl (C=O) groups is 1. The van der Waals surface area contributed by atoms with Crippen LogP contribution in [-0.2, 0) is 0 Å². The van der Waals surface area contributed by atoms with E-state index in [0.717, 1.165) is 0 Å². The molecule has 0 saturated heterocycles. The SMILES string of the molecule is Cc1cc(Nc2ccccc2F)c(C(=O)O)cn1. The number of aromatic carboxylic acids is 1. The second kappa shape index (κ2) is 4.83. The molecule has 1 aromatic heterocycles. The van der Waals surface area contributed by atoms with Crippen LogP contribution in [0.4, 0.5) is 15.8 Å². The number of nitrogens with one attached hydrogen (secondary N) is 1. The molecule has 0 aliphatic heterocycles. The number of benzene rings is 1. The second-order valence-electron chi connectivity index (χ2n) is 3.78. The summed E-state index contributed by atoms with van der Waals surface area (Å²) in [4.78, 5) is 14.9. The molecule has 0 bridgehead atoms. The van der Waals surface area contributed by atoms with Crippen molar-refractivity contribution >= 4 is 17.3 Å². The highest BCUT2D eigenvalue weighted by Gasteiger charge is 2.12. The molecule has 4 nitrogen and oxygen atoms in total. The number of aromatic nitrogens is 1. The van der Waals surface area contributed by atoms with Crippen molar-refractivity contribution in [3.05, 3.63) is 53.6 Å². The summed E-state index contributed by atoms with van der Waals surface area (Å²) in [6, 6.07) is 7.64. The zero-order valence-electron chi connectivity index (χ0n) is 9.64. The third-order valence-corrected chi connectivity index (χ3v) is 2.41. The van der Waals surface area contributed by atoms with E-state index >= 15 is 0 Å². The van der Waals surface area contributed by atoms with Gasteiger partial charge >= 0.3 is 5.97 Å². The Labute approximate surface area is 103 Å². The highest BCUT2D eigenvalue weighted by Crippen LogP contribution is 2.23. The molecule has 18 heavy (non-hydrogen) atoms. The van der Waals surface area contributed by atoms with Crippen molar-refractivity contribution in [2.45, 2.75) is 6.92 Å². The minimum Gasteiger partial charge on any atom is -0.478 e. The Kier molecular flexibility index (Phi) is 3.23. The maximum absolute atomic E-state index is 13.5. The minimum absolute atomic E-state index is 0.00357. The fraction of sp³-hybridized carbons (Fsp3) is 0.0769. The highest BCUT2D eigenvalue weighted by molar-refractivity contribution is 5.94. The van der Waals surface area contributed by atoms with Crippen molar-refractivity contribution in [3.8, 4) is 0 Å². The minimum atomic E-state index is -1.11. The first-order chi connectivity index (χ1) is 8.58. The van der Waals surface area contributed by atoms with Gasteiger partial charge in [0.1, 0.15) is 11.4 Å². The van der Waals surface area contributed by atoms with Crippen molar-refractivity contribution in [1.29, 1.82) is 0 Å². The molecule has 0 amide bonds. The topological polar surface area (TPSA) is 62.2 Å². The van der Waals surface area contributed by atoms with Crippen molar-refractivity contribution in [2.24, 2.45) is 0 Å². The molecule has 0 atom stereocenters. The van der Waals surface area contributed by atoms with E-state index in [0.29, 0.717) is 11.4 Å². The van der Waals surface area contributed by atoms with Gasteiger partial charge in [-0.15, -0.1) is 0 Å². The first-order valence-electron chi connectivity index (χ1n) is 5.29. The molecule has 2 rings (SSSR count). The lowest BCUT2D eigenvalue weighted by molar-refractivity contribution is 0.0697. The molecule has 0 fully saturated rings. The van der Waals surface area contributed by atoms with Gasteiger partial charge in [-0.3, -0.25) is 4.98 Å². The Hall–Kier alpha value is -2.43. The number of hydrogen-bond donors (Lipinski definition) is 2. The van der Waals surface area contributed by atoms with Gasteiger partial charge in [-0.25, -0.2) is 9.18 Å². The number of carboxylic acids is 1. The zero-order chi connectivity index (χ0) is 13.1. The van der Waals surface area contributed by atoms with Crippen LogP contribution in [0.1, 0.15) is 16.1 Å². The Balaban J connectivity index is 2.42. The van der Waals surface area contributed by atoms with Gasteiger partial charge in [0.25, 0.3) is 0 Å². The molecule has 1 heterocycles. The summed E-state index contributed by atoms with van der Waals surface area (Å²) in [5.74, 6) is -1.55. The van der Waals surface area contributed by atoms with Crippen LogP contribution in [-0.4, -0.2) is 16.1 Å². The normalized spacial score (nSPS) is 10.1. The first-order valence-corrected chi connectivity index (χ1v) is 5.29. The van der Waals surface area contributed by atoms with E-state index in [1.807, 2.05) is 0 Å². The quantitative estimate of drug-likeness (QED) is 0.874. The van der Waals surface area contributed by atoms with Crippen molar-refractivity contribution in [1.82, 2.24) is 4.98 Å². The first kappa shape index (κ1) is 12.0. The molecule has 0 unspecified atom stereocenters. The van der Waals surface area contributed by atoms with Crippen LogP contribution in [0.2, 0.25) is 0 Å². The maximum Gasteiger partial charge on any atom is 0.339 e. The molecule has 0 aliphatic carbocycles. The van der Waals surface area contributed by atoms with Gasteiger partial charge < -0.3 is 10.4 Å². The molecule has 0 aliphatic rings. The van der Waals surface area contributed by atoms with E-state index in [1.54, 1.807) is 25.1 Å². The Morgan fingerprint density at radius 2 is 2.06 bits per heavy atom. The van der Waals surface area contributed by atoms with E-state index in [9.17, 15) is 9.18 Å². The van der Waals surface area contributed by atoms with Gasteiger partial charge in [0.15, 0.2) is 0 Å². The van der Waals surface area contributed by atoms with Crippen LogP contribution in [0, 0.1) is 12.7 Å². The monoisotopic (exact) mass is 246 g/mol. The van der Waals surface area contributed by atoms with E-state index in [4.69, 9.17) is 5.11 Å². The standard InChI is InChI=1S/C13H11FN2O2/c1-8-6-12(9(7-15-8)13(17)18)16-11-5-3-2-4-10(11)14/h2-7H,1H3,(H,15,16)(H,17,18). The number of aryl methyl sites for hydroxylation is 1. The lowest BCUT2D eigenvalue weighted by atomic mass is 10.2. The number of hydrogen-bond acceptors (Lipinski definition) is 3. The summed E-state index contributed by atoms with van der Waals surface area (Å²) in [5, 5.41) is 11.8. The van der Waals surface area contributed by atoms with Gasteiger partial charge in [0, 0.05) is 11.9 Å². The molecule has 2 aromatic rings. The van der Waals surface area contributed by atoms with E-state index in [-0.39, 0.29) is 11.3 Å². The van der Waals surface area contributed by atoms with Gasteiger partial charge in [-0.1, -0.05) is 12.1 Å². The molecule has 1 aromatic carbocycles. The third kappa shape index (κ3) is 2.45.